The number of nitrogens with one attached hydrogen (secondary N) is 2. The topological polar surface area (TPSA) is 92.9 Å². The summed E-state index contributed by atoms with van der Waals surface area (Å²) in [4.78, 5) is 19.4. The van der Waals surface area contributed by atoms with Crippen LogP contribution < -0.4 is 16.6 Å². The fourth-order valence-electron chi connectivity index (χ4n) is 1.27. The lowest BCUT2D eigenvalue weighted by atomic mass is 10.3. The lowest BCUT2D eigenvalue weighted by molar-refractivity contribution is 0.102. The highest BCUT2D eigenvalue weighted by atomic mass is 19.1. The first-order valence-corrected chi connectivity index (χ1v) is 5.05. The third-order valence-corrected chi connectivity index (χ3v) is 2.15. The smallest absolute Gasteiger partial charge is 0.275 e. The van der Waals surface area contributed by atoms with Crippen LogP contribution in [0.15, 0.2) is 36.7 Å². The van der Waals surface area contributed by atoms with Crippen molar-refractivity contribution in [3.05, 3.63) is 48.2 Å². The Hall–Kier alpha value is -2.54. The van der Waals surface area contributed by atoms with Gasteiger partial charge in [0.05, 0.1) is 18.1 Å². The highest BCUT2D eigenvalue weighted by Crippen LogP contribution is 2.13. The maximum Gasteiger partial charge on any atom is 0.275 e. The van der Waals surface area contributed by atoms with Crippen LogP contribution in [0.1, 0.15) is 10.5 Å². The number of carbonyl (C=O) groups excluding carboxylic acids is 1. The number of carbonyl (C=O) groups is 1. The van der Waals surface area contributed by atoms with Crippen LogP contribution in [0.5, 0.6) is 0 Å². The molecule has 4 N–H and O–H groups in total. The SMILES string of the molecule is NNc1cnc(C(=O)Nc2ccccc2F)cn1. The fourth-order valence-corrected chi connectivity index (χ4v) is 1.27. The van der Waals surface area contributed by atoms with Gasteiger partial charge in [0.25, 0.3) is 5.91 Å². The molecule has 0 unspecified atom stereocenters. The van der Waals surface area contributed by atoms with E-state index >= 15 is 0 Å². The highest BCUT2D eigenvalue weighted by molar-refractivity contribution is 6.02. The van der Waals surface area contributed by atoms with Crippen LogP contribution in [-0.4, -0.2) is 15.9 Å². The second-order valence-electron chi connectivity index (χ2n) is 3.37. The summed E-state index contributed by atoms with van der Waals surface area (Å²) in [6.45, 7) is 0. The molecule has 1 aromatic heterocycles. The number of anilines is 2. The number of amides is 1. The van der Waals surface area contributed by atoms with Crippen LogP contribution in [0.25, 0.3) is 0 Å². The molecule has 0 spiro atoms. The summed E-state index contributed by atoms with van der Waals surface area (Å²) in [7, 11) is 0. The minimum absolute atomic E-state index is 0.0669. The van der Waals surface area contributed by atoms with Crippen molar-refractivity contribution in [3.63, 3.8) is 0 Å². The molecule has 0 radical (unpaired) electrons. The van der Waals surface area contributed by atoms with E-state index in [0.717, 1.165) is 0 Å². The van der Waals surface area contributed by atoms with Gasteiger partial charge in [-0.1, -0.05) is 12.1 Å². The summed E-state index contributed by atoms with van der Waals surface area (Å²) >= 11 is 0. The van der Waals surface area contributed by atoms with E-state index in [4.69, 9.17) is 5.84 Å². The van der Waals surface area contributed by atoms with Crippen molar-refractivity contribution in [1.29, 1.82) is 0 Å². The van der Waals surface area contributed by atoms with Crippen molar-refractivity contribution in [1.82, 2.24) is 9.97 Å². The molecule has 0 saturated carbocycles. The number of hydrazine groups is 1. The van der Waals surface area contributed by atoms with Gasteiger partial charge in [0.1, 0.15) is 11.5 Å². The van der Waals surface area contributed by atoms with Crippen LogP contribution in [0.4, 0.5) is 15.9 Å². The van der Waals surface area contributed by atoms with Gasteiger partial charge in [-0.25, -0.2) is 20.2 Å². The third kappa shape index (κ3) is 2.58. The summed E-state index contributed by atoms with van der Waals surface area (Å²) in [6, 6.07) is 5.86. The molecule has 18 heavy (non-hydrogen) atoms. The summed E-state index contributed by atoms with van der Waals surface area (Å²) < 4.78 is 13.3. The molecular formula is C11H10FN5O. The predicted octanol–water partition coefficient (Wildman–Crippen LogP) is 1.15. The predicted molar refractivity (Wildman–Crippen MR) is 64.2 cm³/mol. The van der Waals surface area contributed by atoms with Gasteiger partial charge < -0.3 is 10.7 Å². The Morgan fingerprint density at radius 3 is 2.61 bits per heavy atom. The number of para-hydroxylation sites is 1. The molecule has 1 amide bonds. The molecule has 0 aliphatic rings. The number of benzene rings is 1. The second-order valence-corrected chi connectivity index (χ2v) is 3.37. The van der Waals surface area contributed by atoms with Crippen LogP contribution >= 0.6 is 0 Å². The minimum Gasteiger partial charge on any atom is -0.318 e. The van der Waals surface area contributed by atoms with Crippen molar-refractivity contribution >= 4 is 17.4 Å². The molecule has 0 fully saturated rings. The number of hydrogen-bond donors (Lipinski definition) is 3. The number of nitrogen functional groups attached to an aromatic ring is 1. The van der Waals surface area contributed by atoms with E-state index in [1.165, 1.54) is 30.6 Å². The lowest BCUT2D eigenvalue weighted by Gasteiger charge is -2.05. The van der Waals surface area contributed by atoms with Gasteiger partial charge >= 0.3 is 0 Å². The molecule has 92 valence electrons. The molecule has 1 heterocycles. The summed E-state index contributed by atoms with van der Waals surface area (Å²) in [6.07, 6.45) is 2.54. The Morgan fingerprint density at radius 2 is 2.00 bits per heavy atom. The molecule has 0 saturated heterocycles. The highest BCUT2D eigenvalue weighted by Gasteiger charge is 2.10. The van der Waals surface area contributed by atoms with Gasteiger partial charge in [0.2, 0.25) is 0 Å². The largest absolute Gasteiger partial charge is 0.318 e. The van der Waals surface area contributed by atoms with E-state index in [1.807, 2.05) is 0 Å². The van der Waals surface area contributed by atoms with Crippen molar-refractivity contribution < 1.29 is 9.18 Å². The number of hydrogen-bond acceptors (Lipinski definition) is 5. The van der Waals surface area contributed by atoms with Crippen LogP contribution in [0.3, 0.4) is 0 Å². The normalized spacial score (nSPS) is 9.89. The maximum absolute atomic E-state index is 13.3. The van der Waals surface area contributed by atoms with Crippen molar-refractivity contribution in [2.75, 3.05) is 10.7 Å². The van der Waals surface area contributed by atoms with E-state index in [1.54, 1.807) is 6.07 Å². The molecule has 0 atom stereocenters. The standard InChI is InChI=1S/C11H10FN5O/c12-7-3-1-2-4-8(7)16-11(18)9-5-15-10(17-13)6-14-9/h1-6H,13H2,(H,15,17)(H,16,18). The van der Waals surface area contributed by atoms with E-state index in [0.29, 0.717) is 5.82 Å². The zero-order valence-corrected chi connectivity index (χ0v) is 9.22. The van der Waals surface area contributed by atoms with Crippen molar-refractivity contribution in [2.45, 2.75) is 0 Å². The Balaban J connectivity index is 2.14. The van der Waals surface area contributed by atoms with Gasteiger partial charge in [0, 0.05) is 0 Å². The lowest BCUT2D eigenvalue weighted by Crippen LogP contribution is -2.16. The molecule has 7 heteroatoms. The summed E-state index contributed by atoms with van der Waals surface area (Å²) in [5.41, 5.74) is 2.44. The molecule has 0 aliphatic carbocycles. The van der Waals surface area contributed by atoms with Gasteiger partial charge in [-0.3, -0.25) is 4.79 Å². The zero-order chi connectivity index (χ0) is 13.0. The van der Waals surface area contributed by atoms with E-state index < -0.39 is 11.7 Å². The quantitative estimate of drug-likeness (QED) is 0.559. The average molecular weight is 247 g/mol. The van der Waals surface area contributed by atoms with Gasteiger partial charge in [-0.2, -0.15) is 0 Å². The Labute approximate surface area is 102 Å². The first-order chi connectivity index (χ1) is 8.70. The third-order valence-electron chi connectivity index (χ3n) is 2.15. The molecule has 6 nitrogen and oxygen atoms in total. The van der Waals surface area contributed by atoms with Gasteiger partial charge in [-0.15, -0.1) is 0 Å². The fraction of sp³-hybridized carbons (Fsp3) is 0. The van der Waals surface area contributed by atoms with E-state index in [2.05, 4.69) is 20.7 Å². The molecule has 1 aromatic carbocycles. The first kappa shape index (κ1) is 11.9. The molecule has 2 aromatic rings. The Morgan fingerprint density at radius 1 is 1.22 bits per heavy atom. The summed E-state index contributed by atoms with van der Waals surface area (Å²) in [5.74, 6) is 4.39. The second kappa shape index (κ2) is 5.19. The number of nitrogens with two attached hydrogens (primary N) is 1. The molecule has 0 bridgehead atoms. The van der Waals surface area contributed by atoms with E-state index in [9.17, 15) is 9.18 Å². The minimum atomic E-state index is -0.545. The van der Waals surface area contributed by atoms with Crippen molar-refractivity contribution in [3.8, 4) is 0 Å². The van der Waals surface area contributed by atoms with Crippen LogP contribution in [0, 0.1) is 5.82 Å². The van der Waals surface area contributed by atoms with Gasteiger partial charge in [0.15, 0.2) is 5.82 Å². The van der Waals surface area contributed by atoms with E-state index in [-0.39, 0.29) is 11.4 Å². The Bertz CT molecular complexity index is 558. The van der Waals surface area contributed by atoms with Crippen LogP contribution in [-0.2, 0) is 0 Å². The number of nitrogens with zero attached hydrogens (tertiary/aromatic N) is 2. The first-order valence-electron chi connectivity index (χ1n) is 5.05. The summed E-state index contributed by atoms with van der Waals surface area (Å²) in [5, 5.41) is 2.40. The molecule has 2 rings (SSSR count). The van der Waals surface area contributed by atoms with Crippen molar-refractivity contribution in [2.24, 2.45) is 5.84 Å². The number of rotatable bonds is 3. The van der Waals surface area contributed by atoms with Crippen LogP contribution in [0.2, 0.25) is 0 Å². The number of halogens is 1. The Kier molecular flexibility index (Phi) is 3.44. The maximum atomic E-state index is 13.3. The molecule has 0 aliphatic heterocycles. The zero-order valence-electron chi connectivity index (χ0n) is 9.22. The monoisotopic (exact) mass is 247 g/mol. The van der Waals surface area contributed by atoms with Gasteiger partial charge in [-0.05, 0) is 12.1 Å². The average Bonchev–Trinajstić information content (AvgIpc) is 2.41. The number of aromatic nitrogens is 2. The molecular weight excluding hydrogens is 237 g/mol.